The zero-order valence-electron chi connectivity index (χ0n) is 16.1. The van der Waals surface area contributed by atoms with Crippen molar-refractivity contribution in [2.24, 2.45) is 11.8 Å². The third-order valence-electron chi connectivity index (χ3n) is 4.98. The maximum atomic E-state index is 11.0. The molecule has 0 aromatic carbocycles. The molecule has 1 atom stereocenters. The van der Waals surface area contributed by atoms with Crippen molar-refractivity contribution in [2.45, 2.75) is 117 Å². The molecule has 0 radical (unpaired) electrons. The lowest BCUT2D eigenvalue weighted by atomic mass is 9.90. The van der Waals surface area contributed by atoms with Crippen molar-refractivity contribution < 1.29 is 9.90 Å². The summed E-state index contributed by atoms with van der Waals surface area (Å²) in [5, 5.41) is 11.0. The number of rotatable bonds is 17. The van der Waals surface area contributed by atoms with Gasteiger partial charge in [0.1, 0.15) is 0 Å². The highest BCUT2D eigenvalue weighted by Crippen LogP contribution is 2.19. The van der Waals surface area contributed by atoms with E-state index in [0.717, 1.165) is 12.8 Å². The molecule has 138 valence electrons. The summed E-state index contributed by atoms with van der Waals surface area (Å²) in [6, 6.07) is 0. The Morgan fingerprint density at radius 1 is 0.696 bits per heavy atom. The fourth-order valence-corrected chi connectivity index (χ4v) is 3.28. The van der Waals surface area contributed by atoms with Crippen LogP contribution < -0.4 is 5.11 Å². The van der Waals surface area contributed by atoms with Crippen LogP contribution in [0.25, 0.3) is 0 Å². The van der Waals surface area contributed by atoms with Crippen LogP contribution in [0, 0.1) is 11.8 Å². The number of carbonyl (C=O) groups is 1. The first-order chi connectivity index (χ1) is 11.1. The van der Waals surface area contributed by atoms with Crippen LogP contribution >= 0.6 is 0 Å². The second-order valence-electron chi connectivity index (χ2n) is 7.55. The number of unbranched alkanes of at least 4 members (excludes halogenated alkanes) is 13. The number of carboxylic acid groups (broad SMARTS) is 1. The Balaban J connectivity index is 3.23. The van der Waals surface area contributed by atoms with E-state index in [0.29, 0.717) is 0 Å². The lowest BCUT2D eigenvalue weighted by molar-refractivity contribution is -0.313. The lowest BCUT2D eigenvalue weighted by Gasteiger charge is -2.21. The quantitative estimate of drug-likeness (QED) is 0.313. The van der Waals surface area contributed by atoms with Gasteiger partial charge in [-0.15, -0.1) is 0 Å². The molecule has 2 heteroatoms. The summed E-state index contributed by atoms with van der Waals surface area (Å²) >= 11 is 0. The van der Waals surface area contributed by atoms with E-state index in [-0.39, 0.29) is 11.8 Å². The minimum absolute atomic E-state index is 0.196. The zero-order chi connectivity index (χ0) is 17.3. The van der Waals surface area contributed by atoms with Gasteiger partial charge in [-0.2, -0.15) is 0 Å². The van der Waals surface area contributed by atoms with Gasteiger partial charge in [0.15, 0.2) is 0 Å². The topological polar surface area (TPSA) is 40.1 Å². The van der Waals surface area contributed by atoms with Gasteiger partial charge < -0.3 is 9.90 Å². The molecule has 0 N–H and O–H groups in total. The molecule has 0 aliphatic rings. The van der Waals surface area contributed by atoms with Crippen molar-refractivity contribution in [3.05, 3.63) is 0 Å². The molecule has 0 aromatic heterocycles. The van der Waals surface area contributed by atoms with Crippen LogP contribution in [-0.4, -0.2) is 5.97 Å². The van der Waals surface area contributed by atoms with Gasteiger partial charge in [0.05, 0.1) is 0 Å². The largest absolute Gasteiger partial charge is 0.550 e. The van der Waals surface area contributed by atoms with Gasteiger partial charge in [-0.1, -0.05) is 111 Å². The van der Waals surface area contributed by atoms with E-state index >= 15 is 0 Å². The van der Waals surface area contributed by atoms with Crippen molar-refractivity contribution >= 4 is 5.97 Å². The molecule has 0 heterocycles. The molecule has 2 nitrogen and oxygen atoms in total. The highest BCUT2D eigenvalue weighted by Gasteiger charge is 2.13. The van der Waals surface area contributed by atoms with Crippen LogP contribution in [0.5, 0.6) is 0 Å². The summed E-state index contributed by atoms with van der Waals surface area (Å²) in [5.74, 6) is -0.927. The maximum absolute atomic E-state index is 11.0. The van der Waals surface area contributed by atoms with E-state index in [1.54, 1.807) is 0 Å². The van der Waals surface area contributed by atoms with Crippen LogP contribution in [0.3, 0.4) is 0 Å². The average Bonchev–Trinajstić information content (AvgIpc) is 2.50. The molecule has 0 bridgehead atoms. The smallest absolute Gasteiger partial charge is 0.0447 e. The number of hydrogen-bond acceptors (Lipinski definition) is 2. The van der Waals surface area contributed by atoms with Crippen molar-refractivity contribution in [3.63, 3.8) is 0 Å². The maximum Gasteiger partial charge on any atom is 0.0447 e. The second-order valence-corrected chi connectivity index (χ2v) is 7.55. The van der Waals surface area contributed by atoms with E-state index < -0.39 is 5.97 Å². The van der Waals surface area contributed by atoms with Gasteiger partial charge >= 0.3 is 0 Å². The predicted octanol–water partition coefficient (Wildman–Crippen LogP) is 5.88. The molecular weight excluding hydrogens is 284 g/mol. The normalized spacial score (nSPS) is 12.7. The summed E-state index contributed by atoms with van der Waals surface area (Å²) in [5.41, 5.74) is 0. The standard InChI is InChI=1S/C21H42O2/c1-4-5-6-7-8-9-10-11-12-13-14-15-16-17-18-20(19(2)3)21(22)23/h19-20H,4-18H2,1-3H3,(H,22,23)/p-1. The van der Waals surface area contributed by atoms with Crippen LogP contribution in [0.2, 0.25) is 0 Å². The molecule has 0 aliphatic heterocycles. The van der Waals surface area contributed by atoms with Gasteiger partial charge in [-0.05, 0) is 12.3 Å². The minimum atomic E-state index is -0.866. The van der Waals surface area contributed by atoms with Crippen LogP contribution in [0.1, 0.15) is 117 Å². The van der Waals surface area contributed by atoms with Crippen LogP contribution in [0.4, 0.5) is 0 Å². The Morgan fingerprint density at radius 3 is 1.35 bits per heavy atom. The van der Waals surface area contributed by atoms with Crippen LogP contribution in [-0.2, 0) is 4.79 Å². The fourth-order valence-electron chi connectivity index (χ4n) is 3.28. The van der Waals surface area contributed by atoms with Crippen LogP contribution in [0.15, 0.2) is 0 Å². The summed E-state index contributed by atoms with van der Waals surface area (Å²) < 4.78 is 0. The summed E-state index contributed by atoms with van der Waals surface area (Å²) in [6.45, 7) is 6.22. The lowest BCUT2D eigenvalue weighted by Crippen LogP contribution is -2.34. The Morgan fingerprint density at radius 2 is 1.04 bits per heavy atom. The third-order valence-corrected chi connectivity index (χ3v) is 4.98. The Labute approximate surface area is 145 Å². The molecule has 0 aliphatic carbocycles. The predicted molar refractivity (Wildman–Crippen MR) is 98.3 cm³/mol. The third kappa shape index (κ3) is 14.8. The average molecular weight is 326 g/mol. The number of carbonyl (C=O) groups excluding carboxylic acids is 1. The molecular formula is C21H41O2-. The van der Waals surface area contributed by atoms with Crippen molar-refractivity contribution in [3.8, 4) is 0 Å². The SMILES string of the molecule is CCCCCCCCCCCCCCCCC(C(=O)[O-])C(C)C. The molecule has 0 saturated heterocycles. The van der Waals surface area contributed by atoms with Gasteiger partial charge in [-0.3, -0.25) is 0 Å². The van der Waals surface area contributed by atoms with E-state index in [1.165, 1.54) is 83.5 Å². The first-order valence-electron chi connectivity index (χ1n) is 10.3. The van der Waals surface area contributed by atoms with Crippen molar-refractivity contribution in [2.75, 3.05) is 0 Å². The first-order valence-corrected chi connectivity index (χ1v) is 10.3. The summed E-state index contributed by atoms with van der Waals surface area (Å²) in [7, 11) is 0. The van der Waals surface area contributed by atoms with E-state index in [9.17, 15) is 9.90 Å². The summed E-state index contributed by atoms with van der Waals surface area (Å²) in [4.78, 5) is 11.0. The minimum Gasteiger partial charge on any atom is -0.550 e. The molecule has 0 rings (SSSR count). The van der Waals surface area contributed by atoms with Gasteiger partial charge in [0.25, 0.3) is 0 Å². The Hall–Kier alpha value is -0.530. The fraction of sp³-hybridized carbons (Fsp3) is 0.952. The molecule has 23 heavy (non-hydrogen) atoms. The Kier molecular flexibility index (Phi) is 16.0. The van der Waals surface area contributed by atoms with Crippen molar-refractivity contribution in [1.29, 1.82) is 0 Å². The summed E-state index contributed by atoms with van der Waals surface area (Å²) in [6.07, 6.45) is 19.5. The van der Waals surface area contributed by atoms with E-state index in [1.807, 2.05) is 13.8 Å². The molecule has 0 amide bonds. The van der Waals surface area contributed by atoms with E-state index in [4.69, 9.17) is 0 Å². The molecule has 0 aromatic rings. The van der Waals surface area contributed by atoms with Gasteiger partial charge in [-0.25, -0.2) is 0 Å². The number of hydrogen-bond donors (Lipinski definition) is 0. The van der Waals surface area contributed by atoms with Crippen molar-refractivity contribution in [1.82, 2.24) is 0 Å². The van der Waals surface area contributed by atoms with Gasteiger partial charge in [0.2, 0.25) is 0 Å². The number of carboxylic acids is 1. The van der Waals surface area contributed by atoms with E-state index in [2.05, 4.69) is 6.92 Å². The monoisotopic (exact) mass is 325 g/mol. The number of aliphatic carboxylic acids is 1. The molecule has 1 unspecified atom stereocenters. The van der Waals surface area contributed by atoms with Gasteiger partial charge in [0, 0.05) is 11.9 Å². The molecule has 0 saturated carbocycles. The highest BCUT2D eigenvalue weighted by atomic mass is 16.4. The highest BCUT2D eigenvalue weighted by molar-refractivity contribution is 5.67. The Bertz CT molecular complexity index is 261. The second kappa shape index (κ2) is 16.3. The molecule has 0 spiro atoms. The molecule has 0 fully saturated rings. The first kappa shape index (κ1) is 22.5. The zero-order valence-corrected chi connectivity index (χ0v) is 16.1.